The van der Waals surface area contributed by atoms with Crippen molar-refractivity contribution in [3.05, 3.63) is 65.7 Å². The summed E-state index contributed by atoms with van der Waals surface area (Å²) in [5.41, 5.74) is 2.79. The van der Waals surface area contributed by atoms with Crippen LogP contribution in [-0.4, -0.2) is 5.11 Å². The Kier molecular flexibility index (Phi) is 5.86. The summed E-state index contributed by atoms with van der Waals surface area (Å²) in [6.07, 6.45) is 4.91. The highest BCUT2D eigenvalue weighted by atomic mass is 16.3. The summed E-state index contributed by atoms with van der Waals surface area (Å²) in [4.78, 5) is 0. The molecule has 1 N–H and O–H groups in total. The lowest BCUT2D eigenvalue weighted by Crippen LogP contribution is -1.99. The van der Waals surface area contributed by atoms with Gasteiger partial charge < -0.3 is 5.11 Å². The standard InChI is InChI=1S/C20H26O/c1-3-17(19-9-5-4-6-10-19)11-7-8-16(2)18-12-14-20(21)15-13-18/h4-6,9-10,12-17,21H,3,7-8,11H2,1-2H3. The summed E-state index contributed by atoms with van der Waals surface area (Å²) < 4.78 is 0. The summed E-state index contributed by atoms with van der Waals surface area (Å²) >= 11 is 0. The quantitative estimate of drug-likeness (QED) is 0.674. The van der Waals surface area contributed by atoms with E-state index in [-0.39, 0.29) is 0 Å². The lowest BCUT2D eigenvalue weighted by molar-refractivity contribution is 0.474. The van der Waals surface area contributed by atoms with Gasteiger partial charge in [0.15, 0.2) is 0 Å². The molecule has 0 aromatic heterocycles. The van der Waals surface area contributed by atoms with Crippen molar-refractivity contribution in [3.8, 4) is 5.75 Å². The second-order valence-corrected chi connectivity index (χ2v) is 5.94. The molecule has 0 aliphatic carbocycles. The maximum Gasteiger partial charge on any atom is 0.115 e. The molecule has 1 nitrogen and oxygen atoms in total. The van der Waals surface area contributed by atoms with E-state index in [1.807, 2.05) is 12.1 Å². The third-order valence-corrected chi connectivity index (χ3v) is 4.42. The fourth-order valence-electron chi connectivity index (χ4n) is 2.97. The predicted molar refractivity (Wildman–Crippen MR) is 89.8 cm³/mol. The van der Waals surface area contributed by atoms with Crippen molar-refractivity contribution in [3.63, 3.8) is 0 Å². The van der Waals surface area contributed by atoms with Crippen molar-refractivity contribution in [1.29, 1.82) is 0 Å². The van der Waals surface area contributed by atoms with E-state index in [2.05, 4.69) is 44.2 Å². The molecule has 0 aliphatic heterocycles. The molecule has 0 heterocycles. The van der Waals surface area contributed by atoms with Crippen molar-refractivity contribution in [2.24, 2.45) is 0 Å². The molecule has 2 unspecified atom stereocenters. The second kappa shape index (κ2) is 7.87. The van der Waals surface area contributed by atoms with Crippen molar-refractivity contribution in [1.82, 2.24) is 0 Å². The Morgan fingerprint density at radius 2 is 1.52 bits per heavy atom. The van der Waals surface area contributed by atoms with E-state index in [1.165, 1.54) is 36.8 Å². The average molecular weight is 282 g/mol. The monoisotopic (exact) mass is 282 g/mol. The average Bonchev–Trinajstić information content (AvgIpc) is 2.53. The highest BCUT2D eigenvalue weighted by Gasteiger charge is 2.11. The number of phenolic OH excluding ortho intramolecular Hbond substituents is 1. The Labute approximate surface area is 128 Å². The van der Waals surface area contributed by atoms with Gasteiger partial charge in [-0.1, -0.05) is 62.7 Å². The van der Waals surface area contributed by atoms with Gasteiger partial charge in [0, 0.05) is 0 Å². The molecule has 0 fully saturated rings. The molecule has 2 rings (SSSR count). The maximum absolute atomic E-state index is 9.35. The van der Waals surface area contributed by atoms with Gasteiger partial charge in [0.05, 0.1) is 0 Å². The molecule has 0 spiro atoms. The van der Waals surface area contributed by atoms with Crippen LogP contribution >= 0.6 is 0 Å². The first-order valence-corrected chi connectivity index (χ1v) is 8.04. The molecule has 0 radical (unpaired) electrons. The van der Waals surface area contributed by atoms with Gasteiger partial charge in [0.25, 0.3) is 0 Å². The fourth-order valence-corrected chi connectivity index (χ4v) is 2.97. The largest absolute Gasteiger partial charge is 0.508 e. The van der Waals surface area contributed by atoms with Crippen molar-refractivity contribution in [2.45, 2.75) is 51.4 Å². The van der Waals surface area contributed by atoms with Gasteiger partial charge in [0.1, 0.15) is 5.75 Å². The minimum absolute atomic E-state index is 0.348. The maximum atomic E-state index is 9.35. The number of aromatic hydroxyl groups is 1. The van der Waals surface area contributed by atoms with Gasteiger partial charge >= 0.3 is 0 Å². The second-order valence-electron chi connectivity index (χ2n) is 5.94. The van der Waals surface area contributed by atoms with Crippen LogP contribution in [0.25, 0.3) is 0 Å². The molecule has 0 saturated carbocycles. The van der Waals surface area contributed by atoms with Crippen molar-refractivity contribution in [2.75, 3.05) is 0 Å². The summed E-state index contributed by atoms with van der Waals surface area (Å²) in [5, 5.41) is 9.35. The zero-order valence-electron chi connectivity index (χ0n) is 13.1. The number of hydrogen-bond donors (Lipinski definition) is 1. The van der Waals surface area contributed by atoms with Crippen LogP contribution in [0, 0.1) is 0 Å². The minimum atomic E-state index is 0.348. The van der Waals surface area contributed by atoms with Gasteiger partial charge in [-0.25, -0.2) is 0 Å². The molecule has 0 aliphatic rings. The molecular formula is C20H26O. The Morgan fingerprint density at radius 3 is 2.14 bits per heavy atom. The van der Waals surface area contributed by atoms with E-state index in [0.29, 0.717) is 17.6 Å². The van der Waals surface area contributed by atoms with Crippen LogP contribution in [-0.2, 0) is 0 Å². The third kappa shape index (κ3) is 4.63. The van der Waals surface area contributed by atoms with Crippen molar-refractivity contribution >= 4 is 0 Å². The van der Waals surface area contributed by atoms with Crippen LogP contribution in [0.5, 0.6) is 5.75 Å². The van der Waals surface area contributed by atoms with E-state index < -0.39 is 0 Å². The van der Waals surface area contributed by atoms with Gasteiger partial charge in [-0.05, 0) is 54.4 Å². The molecule has 0 saturated heterocycles. The van der Waals surface area contributed by atoms with E-state index >= 15 is 0 Å². The Balaban J connectivity index is 1.84. The van der Waals surface area contributed by atoms with Crippen LogP contribution in [0.2, 0.25) is 0 Å². The van der Waals surface area contributed by atoms with Crippen LogP contribution in [0.4, 0.5) is 0 Å². The highest BCUT2D eigenvalue weighted by Crippen LogP contribution is 2.29. The lowest BCUT2D eigenvalue weighted by atomic mass is 9.88. The van der Waals surface area contributed by atoms with Crippen molar-refractivity contribution < 1.29 is 5.11 Å². The zero-order valence-corrected chi connectivity index (χ0v) is 13.1. The molecule has 1 heteroatoms. The summed E-state index contributed by atoms with van der Waals surface area (Å²) in [6, 6.07) is 18.5. The number of rotatable bonds is 7. The summed E-state index contributed by atoms with van der Waals surface area (Å²) in [5.74, 6) is 1.58. The van der Waals surface area contributed by atoms with E-state index in [1.54, 1.807) is 12.1 Å². The lowest BCUT2D eigenvalue weighted by Gasteiger charge is -2.17. The van der Waals surface area contributed by atoms with Gasteiger partial charge in [-0.3, -0.25) is 0 Å². The Bertz CT molecular complexity index is 515. The number of phenols is 1. The molecule has 112 valence electrons. The van der Waals surface area contributed by atoms with Crippen LogP contribution in [0.3, 0.4) is 0 Å². The summed E-state index contributed by atoms with van der Waals surface area (Å²) in [6.45, 7) is 4.55. The van der Waals surface area contributed by atoms with Gasteiger partial charge in [0.2, 0.25) is 0 Å². The summed E-state index contributed by atoms with van der Waals surface area (Å²) in [7, 11) is 0. The minimum Gasteiger partial charge on any atom is -0.508 e. The van der Waals surface area contributed by atoms with E-state index in [4.69, 9.17) is 0 Å². The molecular weight excluding hydrogens is 256 g/mol. The van der Waals surface area contributed by atoms with Crippen LogP contribution < -0.4 is 0 Å². The topological polar surface area (TPSA) is 20.2 Å². The molecule has 2 aromatic rings. The highest BCUT2D eigenvalue weighted by molar-refractivity contribution is 5.28. The molecule has 0 amide bonds. The van der Waals surface area contributed by atoms with Gasteiger partial charge in [-0.2, -0.15) is 0 Å². The van der Waals surface area contributed by atoms with Crippen LogP contribution in [0.15, 0.2) is 54.6 Å². The normalized spacial score (nSPS) is 13.8. The van der Waals surface area contributed by atoms with Crippen LogP contribution in [0.1, 0.15) is 62.5 Å². The SMILES string of the molecule is CCC(CCCC(C)c1ccc(O)cc1)c1ccccc1. The van der Waals surface area contributed by atoms with E-state index in [0.717, 1.165) is 0 Å². The smallest absolute Gasteiger partial charge is 0.115 e. The Hall–Kier alpha value is -1.76. The predicted octanol–water partition coefficient (Wildman–Crippen LogP) is 5.86. The molecule has 2 aromatic carbocycles. The molecule has 0 bridgehead atoms. The molecule has 21 heavy (non-hydrogen) atoms. The number of benzene rings is 2. The zero-order chi connectivity index (χ0) is 15.1. The first kappa shape index (κ1) is 15.6. The van der Waals surface area contributed by atoms with Gasteiger partial charge in [-0.15, -0.1) is 0 Å². The first-order chi connectivity index (χ1) is 10.2. The molecule has 2 atom stereocenters. The Morgan fingerprint density at radius 1 is 0.857 bits per heavy atom. The third-order valence-electron chi connectivity index (χ3n) is 4.42. The van der Waals surface area contributed by atoms with E-state index in [9.17, 15) is 5.11 Å². The first-order valence-electron chi connectivity index (χ1n) is 8.04. The fraction of sp³-hybridized carbons (Fsp3) is 0.400. The number of hydrogen-bond acceptors (Lipinski definition) is 1.